The fourth-order valence-corrected chi connectivity index (χ4v) is 604. The van der Waals surface area contributed by atoms with Gasteiger partial charge in [0.05, 0.1) is 7.11 Å². The average molecular weight is 2250 g/mol. The fraction of sp³-hybridized carbons (Fsp3) is 0.128. The highest BCUT2D eigenvalue weighted by molar-refractivity contribution is 9.45. The third kappa shape index (κ3) is 34.6. The summed E-state index contributed by atoms with van der Waals surface area (Å²) in [6.45, 7) is 5.78. The fourth-order valence-electron chi connectivity index (χ4n) is 7.96. The molecular weight excluding hydrogens is 2170 g/mol. The first-order chi connectivity index (χ1) is 46.9. The molecule has 2 amide bonds. The summed E-state index contributed by atoms with van der Waals surface area (Å²) in [5, 5.41) is 19.4. The second-order valence-electron chi connectivity index (χ2n) is 19.2. The first-order valence-electron chi connectivity index (χ1n) is 26.9. The number of aromatic hydroxyl groups is 1. The highest BCUT2D eigenvalue weighted by Gasteiger charge is 2.52. The Bertz CT molecular complexity index is 3460. The molecule has 32 unspecified atom stereocenters. The van der Waals surface area contributed by atoms with Crippen LogP contribution in [0.4, 0.5) is 17.2 Å². The Hall–Kier alpha value is 14.1. The Morgan fingerprint density at radius 3 is 1.26 bits per heavy atom. The van der Waals surface area contributed by atoms with E-state index in [1.54, 1.807) is 25.3 Å². The van der Waals surface area contributed by atoms with E-state index in [0.29, 0.717) is 63.7 Å². The van der Waals surface area contributed by atoms with Crippen LogP contribution in [0.1, 0.15) is 43.0 Å². The van der Waals surface area contributed by atoms with E-state index in [1.165, 1.54) is 18.2 Å². The van der Waals surface area contributed by atoms with Crippen LogP contribution in [0, 0.1) is 13.8 Å². The summed E-state index contributed by atoms with van der Waals surface area (Å²) in [4.78, 5) is 39.2. The molecule has 12 nitrogen and oxygen atoms in total. The lowest BCUT2D eigenvalue weighted by Gasteiger charge is -2.53. The number of fused-ring (bicyclic) bond motifs is 2. The number of methoxy groups -OCH3 is 1. The summed E-state index contributed by atoms with van der Waals surface area (Å²) >= 11 is 5.93. The molecule has 4 aromatic carbocycles. The Morgan fingerprint density at radius 2 is 0.860 bits per heavy atom. The van der Waals surface area contributed by atoms with Gasteiger partial charge in [-0.3, -0.25) is 9.59 Å². The summed E-state index contributed by atoms with van der Waals surface area (Å²) in [6, 6.07) is 26.6. The Labute approximate surface area is 683 Å². The number of carbonyl (C=O) groups excluding carboxylic acids is 2. The lowest BCUT2D eigenvalue weighted by molar-refractivity contribution is 0.0957. The van der Waals surface area contributed by atoms with Crippen LogP contribution in [0.2, 0.25) is 5.15 Å². The minimum atomic E-state index is -0.0918. The number of hydrogen-bond acceptors (Lipinski definition) is 10. The third-order valence-corrected chi connectivity index (χ3v) is 321. The van der Waals surface area contributed by atoms with Gasteiger partial charge in [-0.05, 0) is 196 Å². The third-order valence-electron chi connectivity index (χ3n) is 12.2. The van der Waals surface area contributed by atoms with E-state index in [-0.39, 0.29) is 164 Å². The predicted octanol–water partition coefficient (Wildman–Crippen LogP) is 34.2. The Balaban J connectivity index is 0.000000279. The van der Waals surface area contributed by atoms with Gasteiger partial charge in [0.25, 0.3) is 11.8 Å². The Kier molecular flexibility index (Phi) is 59.8. The molecule has 0 radical (unpaired) electrons. The quantitative estimate of drug-likeness (QED) is 0.0199. The van der Waals surface area contributed by atoms with Gasteiger partial charge < -0.3 is 31.5 Å². The topological polar surface area (TPSA) is 177 Å². The minimum Gasteiger partial charge on any atom is -0.503 e. The van der Waals surface area contributed by atoms with Crippen LogP contribution in [-0.4, -0.2) is 44.0 Å². The number of aryl methyl sites for hydroxylation is 2. The zero-order valence-corrected chi connectivity index (χ0v) is 104. The van der Waals surface area contributed by atoms with Crippen molar-refractivity contribution >= 4 is 426 Å². The first kappa shape index (κ1) is 106. The van der Waals surface area contributed by atoms with E-state index < -0.39 is 0 Å². The van der Waals surface area contributed by atoms with Gasteiger partial charge in [-0.15, -0.1) is 223 Å². The molecular formula is C39H87ClN8O4P48. The summed E-state index contributed by atoms with van der Waals surface area (Å²) < 4.78 is 5.20. The van der Waals surface area contributed by atoms with Gasteiger partial charge in [-0.1, -0.05) is 99.3 Å². The predicted molar refractivity (Wildman–Crippen MR) is 605 cm³/mol. The number of hydrogen-bond donors (Lipinski definition) is 5. The van der Waals surface area contributed by atoms with Gasteiger partial charge in [-0.2, -0.15) is 0 Å². The normalized spacial score (nSPS) is 14.6. The van der Waals surface area contributed by atoms with Crippen molar-refractivity contribution in [1.82, 2.24) is 30.6 Å². The van der Waals surface area contributed by atoms with E-state index in [0.717, 1.165) is 43.7 Å². The summed E-state index contributed by atoms with van der Waals surface area (Å²) in [6.07, 6.45) is 2.83. The molecule has 0 aliphatic carbocycles. The van der Waals surface area contributed by atoms with E-state index in [2.05, 4.69) is 259 Å². The van der Waals surface area contributed by atoms with E-state index >= 15 is 0 Å². The number of anilines is 3. The van der Waals surface area contributed by atoms with Gasteiger partial charge in [0.2, 0.25) is 0 Å². The number of carbonyl (C=O) groups is 2. The maximum atomic E-state index is 11.8. The lowest BCUT2D eigenvalue weighted by Crippen LogP contribution is -2.12. The van der Waals surface area contributed by atoms with Crippen LogP contribution in [0.3, 0.4) is 0 Å². The monoisotopic (exact) mass is 2250 g/mol. The van der Waals surface area contributed by atoms with E-state index in [1.807, 2.05) is 80.6 Å². The van der Waals surface area contributed by atoms with Crippen LogP contribution in [0.25, 0.3) is 22.5 Å². The van der Waals surface area contributed by atoms with Crippen molar-refractivity contribution < 1.29 is 19.4 Å². The molecule has 100 heavy (non-hydrogen) atoms. The van der Waals surface area contributed by atoms with Crippen molar-refractivity contribution in [3.8, 4) is 34.0 Å². The van der Waals surface area contributed by atoms with Crippen molar-refractivity contribution in [1.29, 1.82) is 0 Å². The average Bonchev–Trinajstić information content (AvgIpc) is 0.996. The lowest BCUT2D eigenvalue weighted by atomic mass is 10.1. The molecule has 0 fully saturated rings. The molecule has 4 heterocycles. The van der Waals surface area contributed by atoms with Crippen molar-refractivity contribution in [2.75, 3.05) is 18.2 Å². The zero-order chi connectivity index (χ0) is 75.3. The summed E-state index contributed by atoms with van der Waals surface area (Å²) in [5.74, 6) is 0.659. The number of ether oxygens (including phenoxy) is 1. The minimum absolute atomic E-state index is 0.0163. The highest BCUT2D eigenvalue weighted by Crippen LogP contribution is 3.40. The number of aromatic nitrogens is 4. The standard InChI is InChI=1S/C19H16N4O2.C12H11ClN2O.C8H8N2O.H35P33.H17P15/c1-11-2-4-12(5-3-11)16-17(24)18(22-10-21-16)23-14-7-6-13-9-20-19(25)15(13)8-14;1-8-3-5-9(6-4-8)10-11(16-2)12(13)15-7-14-10;9-6-2-1-5-4-10-8(11)7(5)3-6;1-18-27(19(2)3)31(26(16)17)33(30(24(12)13)25(14)15)32(28(20(4)5)21(6)7)29(22(8)9)23(10)11;1-9-13(8)15(12(6)7)14(10(2)3)11(4)5/h2-8,10,24H,9H2,1H3,(H,20,25)(H,21,22,23);3-7H,1-2H3;1-3H,4,9H2,(H,10,11);18H,1-17H2;9H,1-8H2. The second kappa shape index (κ2) is 56.2. The maximum absolute atomic E-state index is 11.8. The number of nitrogens with one attached hydrogen (secondary N) is 3. The molecule has 6 N–H and O–H groups in total. The molecule has 0 bridgehead atoms. The summed E-state index contributed by atoms with van der Waals surface area (Å²) in [7, 11) is 84.7. The number of nitrogens with zero attached hydrogens (tertiary/aromatic N) is 4. The smallest absolute Gasteiger partial charge is 0.251 e. The van der Waals surface area contributed by atoms with Crippen LogP contribution in [-0.2, 0) is 13.1 Å². The van der Waals surface area contributed by atoms with Gasteiger partial charge in [0.1, 0.15) is 24.0 Å². The molecule has 32 atom stereocenters. The number of amides is 2. The van der Waals surface area contributed by atoms with E-state index in [9.17, 15) is 14.7 Å². The van der Waals surface area contributed by atoms with Gasteiger partial charge >= 0.3 is 0 Å². The number of benzene rings is 4. The highest BCUT2D eigenvalue weighted by atomic mass is 35.5. The summed E-state index contributed by atoms with van der Waals surface area (Å²) in [5.41, 5.74) is 15.4. The molecule has 554 valence electrons. The molecule has 61 heteroatoms. The van der Waals surface area contributed by atoms with Crippen LogP contribution in [0.5, 0.6) is 11.5 Å². The Morgan fingerprint density at radius 1 is 0.480 bits per heavy atom. The number of halogens is 1. The molecule has 2 aliphatic rings. The van der Waals surface area contributed by atoms with Crippen LogP contribution in [0.15, 0.2) is 97.6 Å². The molecule has 0 spiro atoms. The van der Waals surface area contributed by atoms with Crippen LogP contribution < -0.4 is 26.4 Å². The number of nitrogen functional groups attached to an aromatic ring is 1. The van der Waals surface area contributed by atoms with Crippen LogP contribution >= 0.6 is 397 Å². The van der Waals surface area contributed by atoms with Gasteiger partial charge in [0, 0.05) is 46.7 Å². The zero-order valence-electron chi connectivity index (χ0n) is 53.4. The van der Waals surface area contributed by atoms with Gasteiger partial charge in [0.15, 0.2) is 22.5 Å². The van der Waals surface area contributed by atoms with Gasteiger partial charge in [-0.25, -0.2) is 19.9 Å². The number of nitrogens with two attached hydrogens (primary N) is 1. The maximum Gasteiger partial charge on any atom is 0.251 e. The molecule has 0 saturated carbocycles. The van der Waals surface area contributed by atoms with Crippen molar-refractivity contribution in [3.05, 3.63) is 136 Å². The second-order valence-corrected chi connectivity index (χ2v) is 207. The van der Waals surface area contributed by atoms with Crippen molar-refractivity contribution in [2.45, 2.75) is 26.9 Å². The first-order valence-corrected chi connectivity index (χ1v) is 113. The van der Waals surface area contributed by atoms with Crippen molar-refractivity contribution in [2.24, 2.45) is 0 Å². The molecule has 2 aliphatic heterocycles. The molecule has 2 aromatic heterocycles. The molecule has 8 rings (SSSR count). The molecule has 0 saturated heterocycles. The van der Waals surface area contributed by atoms with E-state index in [4.69, 9.17) is 22.1 Å². The molecule has 6 aromatic rings. The largest absolute Gasteiger partial charge is 0.503 e. The van der Waals surface area contributed by atoms with Crippen molar-refractivity contribution in [3.63, 3.8) is 0 Å². The SMILES string of the molecule is COc1c(Cl)ncnc1-c1ccc(C)cc1.Cc1ccc(-c2ncnc(Nc3ccc4c(c3)C(=O)NC4)c2O)cc1.Nc1ccc2c(c1)C(=O)NC2.PPP(P(P)P)P(P(P)P)P(P(P(P)P)P(P)P)P(P(P(P)P)P(P)P)P(P(P)P)P(P)P.PPP(P)P(P(P)P)P(P(P)P)P(P)P. The number of rotatable bonds is 26.